The normalized spacial score (nSPS) is 25.1. The molecule has 0 N–H and O–H groups in total. The Hall–Kier alpha value is -0.723. The van der Waals surface area contributed by atoms with Gasteiger partial charge >= 0.3 is 0 Å². The Morgan fingerprint density at radius 2 is 1.72 bits per heavy atom. The van der Waals surface area contributed by atoms with Crippen molar-refractivity contribution in [3.8, 4) is 0 Å². The fourth-order valence-electron chi connectivity index (χ4n) is 3.28. The maximum absolute atomic E-state index is 6.04. The van der Waals surface area contributed by atoms with Gasteiger partial charge in [-0.3, -0.25) is 4.58 Å². The van der Waals surface area contributed by atoms with Crippen molar-refractivity contribution >= 4 is 8.32 Å². The summed E-state index contributed by atoms with van der Waals surface area (Å²) in [5, 5.41) is 0. The third-order valence-electron chi connectivity index (χ3n) is 5.76. The Labute approximate surface area is 153 Å². The van der Waals surface area contributed by atoms with E-state index in [0.717, 1.165) is 36.5 Å². The van der Waals surface area contributed by atoms with Crippen LogP contribution in [0.1, 0.15) is 59.9 Å². The molecule has 1 aromatic rings. The van der Waals surface area contributed by atoms with E-state index < -0.39 is 19.5 Å². The molecule has 2 atom stereocenters. The lowest BCUT2D eigenvalue weighted by Gasteiger charge is -2.42. The second-order valence-electron chi connectivity index (χ2n) is 7.82. The van der Waals surface area contributed by atoms with Crippen LogP contribution < -0.4 is 0 Å². The Balaban J connectivity index is 1.96. The summed E-state index contributed by atoms with van der Waals surface area (Å²) in [4.78, 5) is 17.6. The fourth-order valence-corrected chi connectivity index (χ4v) is 5.53. The molecule has 1 saturated heterocycles. The first kappa shape index (κ1) is 20.6. The maximum atomic E-state index is 6.04. The van der Waals surface area contributed by atoms with E-state index in [1.807, 2.05) is 32.0 Å². The minimum Gasteiger partial charge on any atom is -0.286 e. The lowest BCUT2D eigenvalue weighted by atomic mass is 9.86. The smallest absolute Gasteiger partial charge is 0.238 e. The molecule has 0 radical (unpaired) electrons. The first-order valence-electron chi connectivity index (χ1n) is 9.57. The molecule has 0 saturated carbocycles. The van der Waals surface area contributed by atoms with Gasteiger partial charge in [0.2, 0.25) is 8.32 Å². The molecule has 2 rings (SSSR count). The second kappa shape index (κ2) is 8.31. The molecule has 0 spiro atoms. The zero-order chi connectivity index (χ0) is 18.6. The van der Waals surface area contributed by atoms with Crippen molar-refractivity contribution in [1.82, 2.24) is 0 Å². The molecule has 1 fully saturated rings. The molecule has 0 aromatic heterocycles. The van der Waals surface area contributed by atoms with Gasteiger partial charge in [-0.1, -0.05) is 51.1 Å². The van der Waals surface area contributed by atoms with Crippen LogP contribution in [-0.2, 0) is 24.8 Å². The minimum absolute atomic E-state index is 0.151. The van der Waals surface area contributed by atoms with Crippen LogP contribution in [0.4, 0.5) is 0 Å². The van der Waals surface area contributed by atoms with Gasteiger partial charge in [0.15, 0.2) is 0 Å². The van der Waals surface area contributed by atoms with Crippen LogP contribution in [0.3, 0.4) is 0 Å². The van der Waals surface area contributed by atoms with Gasteiger partial charge in [0.1, 0.15) is 17.3 Å². The lowest BCUT2D eigenvalue weighted by molar-refractivity contribution is -0.448. The largest absolute Gasteiger partial charge is 0.286 e. The Bertz CT molecular complexity index is 511. The van der Waals surface area contributed by atoms with Crippen LogP contribution in [0, 0.1) is 0 Å². The van der Waals surface area contributed by atoms with E-state index in [4.69, 9.17) is 19.2 Å². The van der Waals surface area contributed by atoms with E-state index in [9.17, 15) is 0 Å². The highest BCUT2D eigenvalue weighted by Crippen LogP contribution is 2.39. The molecule has 1 aliphatic rings. The quantitative estimate of drug-likeness (QED) is 0.334. The van der Waals surface area contributed by atoms with Crippen molar-refractivity contribution in [2.24, 2.45) is 0 Å². The molecule has 25 heavy (non-hydrogen) atoms. The SMILES string of the molecule is CC[Si](CC)(CC)OOC(C)(C)C1CCC(C)(c2ccccc2)OO1. The Kier molecular flexibility index (Phi) is 6.85. The van der Waals surface area contributed by atoms with Crippen LogP contribution in [0.5, 0.6) is 0 Å². The molecule has 142 valence electrons. The van der Waals surface area contributed by atoms with E-state index in [1.165, 1.54) is 0 Å². The van der Waals surface area contributed by atoms with E-state index in [0.29, 0.717) is 0 Å². The number of hydrogen-bond acceptors (Lipinski definition) is 4. The molecular weight excluding hydrogens is 332 g/mol. The van der Waals surface area contributed by atoms with Crippen LogP contribution in [0.25, 0.3) is 0 Å². The molecule has 1 aliphatic heterocycles. The van der Waals surface area contributed by atoms with Crippen molar-refractivity contribution < 1.29 is 19.2 Å². The molecule has 0 bridgehead atoms. The molecule has 2 unspecified atom stereocenters. The van der Waals surface area contributed by atoms with Gasteiger partial charge in [-0.15, -0.1) is 0 Å². The third kappa shape index (κ3) is 4.71. The lowest BCUT2D eigenvalue weighted by Crippen LogP contribution is -2.49. The number of hydrogen-bond donors (Lipinski definition) is 0. The van der Waals surface area contributed by atoms with Crippen molar-refractivity contribution in [3.63, 3.8) is 0 Å². The van der Waals surface area contributed by atoms with Crippen LogP contribution >= 0.6 is 0 Å². The number of benzene rings is 1. The maximum Gasteiger partial charge on any atom is 0.238 e. The summed E-state index contributed by atoms with van der Waals surface area (Å²) >= 11 is 0. The van der Waals surface area contributed by atoms with E-state index in [-0.39, 0.29) is 6.10 Å². The fraction of sp³-hybridized carbons (Fsp3) is 0.700. The molecular formula is C20H34O4Si. The van der Waals surface area contributed by atoms with E-state index in [2.05, 4.69) is 39.8 Å². The highest BCUT2D eigenvalue weighted by Gasteiger charge is 2.44. The zero-order valence-corrected chi connectivity index (χ0v) is 17.6. The molecule has 0 amide bonds. The summed E-state index contributed by atoms with van der Waals surface area (Å²) in [7, 11) is -1.79. The van der Waals surface area contributed by atoms with Crippen LogP contribution in [0.15, 0.2) is 30.3 Å². The molecule has 1 heterocycles. The van der Waals surface area contributed by atoms with Gasteiger partial charge in [0.25, 0.3) is 0 Å². The first-order chi connectivity index (χ1) is 11.8. The van der Waals surface area contributed by atoms with Crippen molar-refractivity contribution in [2.75, 3.05) is 0 Å². The zero-order valence-electron chi connectivity index (χ0n) is 16.6. The van der Waals surface area contributed by atoms with Gasteiger partial charge < -0.3 is 0 Å². The summed E-state index contributed by atoms with van der Waals surface area (Å²) in [6.07, 6.45) is 1.59. The van der Waals surface area contributed by atoms with E-state index >= 15 is 0 Å². The molecule has 1 aromatic carbocycles. The highest BCUT2D eigenvalue weighted by molar-refractivity contribution is 6.73. The number of rotatable bonds is 8. The van der Waals surface area contributed by atoms with Crippen molar-refractivity contribution in [3.05, 3.63) is 35.9 Å². The Morgan fingerprint density at radius 3 is 2.20 bits per heavy atom. The van der Waals surface area contributed by atoms with E-state index in [1.54, 1.807) is 0 Å². The van der Waals surface area contributed by atoms with Crippen LogP contribution in [0.2, 0.25) is 18.1 Å². The third-order valence-corrected chi connectivity index (χ3v) is 10.1. The molecule has 0 aliphatic carbocycles. The summed E-state index contributed by atoms with van der Waals surface area (Å²) in [5.41, 5.74) is 0.178. The highest BCUT2D eigenvalue weighted by atomic mass is 28.4. The first-order valence-corrected chi connectivity index (χ1v) is 12.1. The summed E-state index contributed by atoms with van der Waals surface area (Å²) in [6.45, 7) is 12.7. The average Bonchev–Trinajstić information content (AvgIpc) is 2.64. The Morgan fingerprint density at radius 1 is 1.12 bits per heavy atom. The predicted octanol–water partition coefficient (Wildman–Crippen LogP) is 5.74. The van der Waals surface area contributed by atoms with Gasteiger partial charge in [-0.2, -0.15) is 0 Å². The van der Waals surface area contributed by atoms with Crippen molar-refractivity contribution in [1.29, 1.82) is 0 Å². The van der Waals surface area contributed by atoms with Gasteiger partial charge in [0, 0.05) is 0 Å². The van der Waals surface area contributed by atoms with Gasteiger partial charge in [0.05, 0.1) is 0 Å². The summed E-state index contributed by atoms with van der Waals surface area (Å²) in [5.74, 6) is 0. The molecule has 4 nitrogen and oxygen atoms in total. The topological polar surface area (TPSA) is 36.9 Å². The van der Waals surface area contributed by atoms with Gasteiger partial charge in [-0.05, 0) is 57.3 Å². The van der Waals surface area contributed by atoms with Gasteiger partial charge in [-0.25, -0.2) is 14.7 Å². The predicted molar refractivity (Wildman–Crippen MR) is 102 cm³/mol. The average molecular weight is 367 g/mol. The second-order valence-corrected chi connectivity index (χ2v) is 12.5. The molecule has 5 heteroatoms. The standard InChI is InChI=1S/C20H34O4Si/c1-7-25(8-2,9-3)24-22-19(4,5)18-15-16-20(6,23-21-18)17-13-11-10-12-14-17/h10-14,18H,7-9,15-16H2,1-6H3. The van der Waals surface area contributed by atoms with Crippen molar-refractivity contribution in [2.45, 2.75) is 89.8 Å². The summed E-state index contributed by atoms with van der Waals surface area (Å²) in [6, 6.07) is 13.4. The summed E-state index contributed by atoms with van der Waals surface area (Å²) < 4.78 is 6.04. The van der Waals surface area contributed by atoms with Crippen LogP contribution in [-0.4, -0.2) is 20.0 Å². The monoisotopic (exact) mass is 366 g/mol. The minimum atomic E-state index is -1.79.